The molecule has 1 heterocycles. The van der Waals surface area contributed by atoms with Crippen LogP contribution in [0.3, 0.4) is 0 Å². The molecular formula is C22H25FN4O3. The van der Waals surface area contributed by atoms with Crippen LogP contribution < -0.4 is 11.5 Å². The molecule has 0 amide bonds. The molecule has 0 bridgehead atoms. The summed E-state index contributed by atoms with van der Waals surface area (Å²) in [5.41, 5.74) is 8.57. The minimum absolute atomic E-state index is 0.152. The Morgan fingerprint density at radius 3 is 2.70 bits per heavy atom. The number of rotatable bonds is 9. The molecule has 1 aromatic heterocycles. The first kappa shape index (κ1) is 21.7. The van der Waals surface area contributed by atoms with Crippen molar-refractivity contribution in [1.29, 1.82) is 5.26 Å². The molecule has 2 aromatic carbocycles. The number of nitrogens with zero attached hydrogens (tertiary/aromatic N) is 3. The minimum Gasteiger partial charge on any atom is -0.408 e. The molecule has 0 aliphatic heterocycles. The lowest BCUT2D eigenvalue weighted by atomic mass is 10.00. The van der Waals surface area contributed by atoms with E-state index < -0.39 is 17.6 Å². The van der Waals surface area contributed by atoms with Gasteiger partial charge in [0.1, 0.15) is 5.82 Å². The van der Waals surface area contributed by atoms with Crippen molar-refractivity contribution in [3.8, 4) is 17.2 Å². The Bertz CT molecular complexity index is 1120. The summed E-state index contributed by atoms with van der Waals surface area (Å²) < 4.78 is 26.5. The zero-order valence-corrected chi connectivity index (χ0v) is 17.1. The van der Waals surface area contributed by atoms with Crippen molar-refractivity contribution in [3.05, 3.63) is 58.3 Å². The molecule has 0 saturated carbocycles. The van der Waals surface area contributed by atoms with E-state index >= 15 is 0 Å². The Kier molecular flexibility index (Phi) is 7.00. The van der Waals surface area contributed by atoms with Gasteiger partial charge in [-0.3, -0.25) is 4.57 Å². The van der Waals surface area contributed by atoms with Crippen LogP contribution >= 0.6 is 0 Å². The highest BCUT2D eigenvalue weighted by Crippen LogP contribution is 2.26. The second-order valence-electron chi connectivity index (χ2n) is 7.24. The van der Waals surface area contributed by atoms with Crippen LogP contribution in [0.15, 0.2) is 45.6 Å². The van der Waals surface area contributed by atoms with Gasteiger partial charge in [-0.25, -0.2) is 9.18 Å². The van der Waals surface area contributed by atoms with Crippen molar-refractivity contribution < 1.29 is 13.5 Å². The van der Waals surface area contributed by atoms with E-state index in [1.807, 2.05) is 19.2 Å². The van der Waals surface area contributed by atoms with Gasteiger partial charge in [0.05, 0.1) is 24.2 Å². The monoisotopic (exact) mass is 412 g/mol. The van der Waals surface area contributed by atoms with Crippen LogP contribution in [0.2, 0.25) is 0 Å². The third-order valence-electron chi connectivity index (χ3n) is 5.04. The molecule has 30 heavy (non-hydrogen) atoms. The number of benzene rings is 2. The average Bonchev–Trinajstić information content (AvgIpc) is 3.06. The predicted molar refractivity (Wildman–Crippen MR) is 113 cm³/mol. The first-order chi connectivity index (χ1) is 14.4. The first-order valence-electron chi connectivity index (χ1n) is 9.67. The summed E-state index contributed by atoms with van der Waals surface area (Å²) in [5.74, 6) is -0.836. The molecule has 8 heteroatoms. The molecule has 3 rings (SSSR count). The topological polar surface area (TPSA) is 97.4 Å². The molecule has 0 spiro atoms. The normalized spacial score (nSPS) is 12.4. The standard InChI is InChI=1S/C22H25FN4O3/c1-26(9-10-29-2)7-8-27-20-13-16(5-6-21(20)30-22(27)28)15-3-4-17(19(23)12-15)11-18(25)14-24/h3-6,12-13,18H,7-11,25H2,1-2H3/t18-/m0/s1. The molecule has 1 atom stereocenters. The van der Waals surface area contributed by atoms with Gasteiger partial charge < -0.3 is 19.8 Å². The van der Waals surface area contributed by atoms with E-state index in [0.29, 0.717) is 41.9 Å². The summed E-state index contributed by atoms with van der Waals surface area (Å²) in [4.78, 5) is 14.4. The fraction of sp³-hybridized carbons (Fsp3) is 0.364. The van der Waals surface area contributed by atoms with Crippen LogP contribution in [0, 0.1) is 17.1 Å². The average molecular weight is 412 g/mol. The highest BCUT2D eigenvalue weighted by atomic mass is 19.1. The number of fused-ring (bicyclic) bond motifs is 1. The first-order valence-corrected chi connectivity index (χ1v) is 9.67. The summed E-state index contributed by atoms with van der Waals surface area (Å²) >= 11 is 0. The second kappa shape index (κ2) is 9.67. The van der Waals surface area contributed by atoms with Crippen molar-refractivity contribution >= 4 is 11.1 Å². The van der Waals surface area contributed by atoms with E-state index in [1.54, 1.807) is 35.9 Å². The number of oxazole rings is 1. The fourth-order valence-electron chi connectivity index (χ4n) is 3.26. The van der Waals surface area contributed by atoms with Crippen molar-refractivity contribution in [2.45, 2.75) is 19.0 Å². The van der Waals surface area contributed by atoms with E-state index in [1.165, 1.54) is 6.07 Å². The highest BCUT2D eigenvalue weighted by molar-refractivity contribution is 5.80. The van der Waals surface area contributed by atoms with Crippen molar-refractivity contribution in [2.75, 3.05) is 33.9 Å². The molecule has 0 fully saturated rings. The largest absolute Gasteiger partial charge is 0.419 e. The van der Waals surface area contributed by atoms with Gasteiger partial charge in [-0.1, -0.05) is 18.2 Å². The summed E-state index contributed by atoms with van der Waals surface area (Å²) in [6.07, 6.45) is 0.152. The number of likely N-dealkylation sites (N-methyl/N-ethyl adjacent to an activating group) is 1. The Morgan fingerprint density at radius 2 is 2.00 bits per heavy atom. The van der Waals surface area contributed by atoms with E-state index in [4.69, 9.17) is 20.1 Å². The summed E-state index contributed by atoms with van der Waals surface area (Å²) in [7, 11) is 3.61. The quantitative estimate of drug-likeness (QED) is 0.580. The molecule has 0 saturated heterocycles. The van der Waals surface area contributed by atoms with Crippen LogP contribution in [0.1, 0.15) is 5.56 Å². The van der Waals surface area contributed by atoms with E-state index in [2.05, 4.69) is 4.90 Å². The van der Waals surface area contributed by atoms with Crippen LogP contribution in [0.25, 0.3) is 22.2 Å². The van der Waals surface area contributed by atoms with Crippen molar-refractivity contribution in [1.82, 2.24) is 9.47 Å². The lowest BCUT2D eigenvalue weighted by molar-refractivity contribution is 0.159. The highest BCUT2D eigenvalue weighted by Gasteiger charge is 2.13. The third kappa shape index (κ3) is 4.94. The van der Waals surface area contributed by atoms with E-state index in [-0.39, 0.29) is 6.42 Å². The number of nitriles is 1. The molecule has 2 N–H and O–H groups in total. The SMILES string of the molecule is COCCN(C)CCn1c(=O)oc2ccc(-c3ccc(C[C@H](N)C#N)c(F)c3)cc21. The summed E-state index contributed by atoms with van der Waals surface area (Å²) in [6.45, 7) is 2.50. The van der Waals surface area contributed by atoms with Gasteiger partial charge in [-0.15, -0.1) is 0 Å². The van der Waals surface area contributed by atoms with Gasteiger partial charge >= 0.3 is 5.76 Å². The Morgan fingerprint density at radius 1 is 1.27 bits per heavy atom. The van der Waals surface area contributed by atoms with Gasteiger partial charge in [-0.05, 0) is 41.9 Å². The molecule has 7 nitrogen and oxygen atoms in total. The maximum atomic E-state index is 14.5. The van der Waals surface area contributed by atoms with E-state index in [0.717, 1.165) is 12.1 Å². The zero-order chi connectivity index (χ0) is 21.7. The molecule has 0 aliphatic rings. The summed E-state index contributed by atoms with van der Waals surface area (Å²) in [5, 5.41) is 8.83. The number of hydrogen-bond donors (Lipinski definition) is 1. The van der Waals surface area contributed by atoms with Gasteiger partial charge in [0, 0.05) is 33.2 Å². The summed E-state index contributed by atoms with van der Waals surface area (Å²) in [6, 6.07) is 11.3. The number of methoxy groups -OCH3 is 1. The minimum atomic E-state index is -0.746. The molecular weight excluding hydrogens is 387 g/mol. The second-order valence-corrected chi connectivity index (χ2v) is 7.24. The van der Waals surface area contributed by atoms with Gasteiger partial charge in [0.2, 0.25) is 0 Å². The maximum absolute atomic E-state index is 14.5. The zero-order valence-electron chi connectivity index (χ0n) is 17.1. The van der Waals surface area contributed by atoms with Gasteiger partial charge in [0.25, 0.3) is 0 Å². The Hall–Kier alpha value is -2.99. The number of ether oxygens (including phenoxy) is 1. The number of hydrogen-bond acceptors (Lipinski definition) is 6. The van der Waals surface area contributed by atoms with E-state index in [9.17, 15) is 9.18 Å². The van der Waals surface area contributed by atoms with Crippen molar-refractivity contribution in [3.63, 3.8) is 0 Å². The Balaban J connectivity index is 1.87. The molecule has 158 valence electrons. The molecule has 3 aromatic rings. The van der Waals surface area contributed by atoms with Crippen LogP contribution in [0.4, 0.5) is 4.39 Å². The van der Waals surface area contributed by atoms with Gasteiger partial charge in [0.15, 0.2) is 5.58 Å². The molecule has 0 radical (unpaired) electrons. The third-order valence-corrected chi connectivity index (χ3v) is 5.04. The number of nitrogens with two attached hydrogens (primary N) is 1. The number of aromatic nitrogens is 1. The Labute approximate surface area is 174 Å². The van der Waals surface area contributed by atoms with Crippen LogP contribution in [-0.2, 0) is 17.7 Å². The van der Waals surface area contributed by atoms with Crippen molar-refractivity contribution in [2.24, 2.45) is 5.73 Å². The number of halogens is 1. The lowest BCUT2D eigenvalue weighted by Gasteiger charge is -2.15. The van der Waals surface area contributed by atoms with Crippen LogP contribution in [0.5, 0.6) is 0 Å². The van der Waals surface area contributed by atoms with Gasteiger partial charge in [-0.2, -0.15) is 5.26 Å². The predicted octanol–water partition coefficient (Wildman–Crippen LogP) is 2.37. The molecule has 0 aliphatic carbocycles. The smallest absolute Gasteiger partial charge is 0.408 e. The fourth-order valence-corrected chi connectivity index (χ4v) is 3.26. The molecule has 0 unspecified atom stereocenters. The maximum Gasteiger partial charge on any atom is 0.419 e. The lowest BCUT2D eigenvalue weighted by Crippen LogP contribution is -2.29. The van der Waals surface area contributed by atoms with Crippen LogP contribution in [-0.4, -0.2) is 49.4 Å².